The number of hydrogen-bond acceptors (Lipinski definition) is 3. The molecule has 0 saturated carbocycles. The first-order valence-corrected chi connectivity index (χ1v) is 6.15. The molecule has 1 atom stereocenters. The first-order valence-electron chi connectivity index (χ1n) is 5.36. The predicted molar refractivity (Wildman–Crippen MR) is 71.7 cm³/mol. The van der Waals surface area contributed by atoms with Crippen LogP contribution in [0, 0.1) is 5.92 Å². The number of nitrogens with two attached hydrogens (primary N) is 1. The van der Waals surface area contributed by atoms with Gasteiger partial charge in [0, 0.05) is 17.8 Å². The average Bonchev–Trinajstić information content (AvgIpc) is 2.30. The first kappa shape index (κ1) is 13.9. The Morgan fingerprint density at radius 1 is 1.44 bits per heavy atom. The van der Waals surface area contributed by atoms with E-state index in [4.69, 9.17) is 5.73 Å². The molecule has 1 aromatic heterocycles. The number of nitrogens with zero attached hydrogens (tertiary/aromatic N) is 1. The smallest absolute Gasteiger partial charge is 0.110 e. The molecule has 1 aliphatic rings. The van der Waals surface area contributed by atoms with Crippen LogP contribution in [-0.2, 0) is 0 Å². The van der Waals surface area contributed by atoms with E-state index < -0.39 is 0 Å². The van der Waals surface area contributed by atoms with E-state index in [-0.39, 0.29) is 18.4 Å². The van der Waals surface area contributed by atoms with Gasteiger partial charge in [0.1, 0.15) is 4.60 Å². The van der Waals surface area contributed by atoms with Crippen molar-refractivity contribution in [1.82, 2.24) is 10.3 Å². The number of halogens is 2. The van der Waals surface area contributed by atoms with Gasteiger partial charge in [-0.2, -0.15) is 0 Å². The van der Waals surface area contributed by atoms with E-state index in [1.165, 1.54) is 0 Å². The van der Waals surface area contributed by atoms with Gasteiger partial charge in [0.2, 0.25) is 0 Å². The van der Waals surface area contributed by atoms with Crippen molar-refractivity contribution < 1.29 is 0 Å². The molecule has 0 bridgehead atoms. The van der Waals surface area contributed by atoms with Crippen molar-refractivity contribution in [3.05, 3.63) is 28.5 Å². The van der Waals surface area contributed by atoms with Gasteiger partial charge in [-0.1, -0.05) is 6.07 Å². The van der Waals surface area contributed by atoms with Crippen molar-refractivity contribution in [3.8, 4) is 0 Å². The maximum absolute atomic E-state index is 6.27. The summed E-state index contributed by atoms with van der Waals surface area (Å²) in [6.07, 6.45) is 4.09. The van der Waals surface area contributed by atoms with Crippen LogP contribution < -0.4 is 11.1 Å². The lowest BCUT2D eigenvalue weighted by molar-refractivity contribution is 0.321. The minimum atomic E-state index is 0. The van der Waals surface area contributed by atoms with E-state index >= 15 is 0 Å². The molecule has 0 aliphatic carbocycles. The Morgan fingerprint density at radius 3 is 2.75 bits per heavy atom. The van der Waals surface area contributed by atoms with Gasteiger partial charge in [0.05, 0.1) is 0 Å². The monoisotopic (exact) mass is 305 g/mol. The van der Waals surface area contributed by atoms with Crippen molar-refractivity contribution in [2.24, 2.45) is 11.7 Å². The Bertz CT molecular complexity index is 329. The first-order chi connectivity index (χ1) is 7.29. The van der Waals surface area contributed by atoms with E-state index in [9.17, 15) is 0 Å². The fourth-order valence-corrected chi connectivity index (χ4v) is 2.62. The summed E-state index contributed by atoms with van der Waals surface area (Å²) >= 11 is 3.46. The zero-order valence-electron chi connectivity index (χ0n) is 9.03. The van der Waals surface area contributed by atoms with Crippen LogP contribution in [0.2, 0.25) is 0 Å². The predicted octanol–water partition coefficient (Wildman–Crippen LogP) is 2.27. The molecule has 5 heteroatoms. The molecule has 3 N–H and O–H groups in total. The van der Waals surface area contributed by atoms with E-state index in [1.54, 1.807) is 6.20 Å². The largest absolute Gasteiger partial charge is 0.324 e. The van der Waals surface area contributed by atoms with Crippen LogP contribution in [0.15, 0.2) is 22.9 Å². The molecule has 1 aromatic rings. The molecular weight excluding hydrogens is 289 g/mol. The number of aromatic nitrogens is 1. The lowest BCUT2D eigenvalue weighted by Crippen LogP contribution is -2.34. The molecule has 1 fully saturated rings. The summed E-state index contributed by atoms with van der Waals surface area (Å²) < 4.78 is 0.885. The Morgan fingerprint density at radius 2 is 2.12 bits per heavy atom. The number of hydrogen-bond donors (Lipinski definition) is 2. The standard InChI is InChI=1S/C11H16BrN3.ClH/c12-11-9(2-1-5-15-11)10(13)8-3-6-14-7-4-8;/h1-2,5,8,10,14H,3-4,6-7,13H2;1H/t10-;/m1./s1. The number of pyridine rings is 1. The molecular formula is C11H17BrClN3. The van der Waals surface area contributed by atoms with Crippen molar-refractivity contribution in [2.45, 2.75) is 18.9 Å². The normalized spacial score (nSPS) is 18.9. The third kappa shape index (κ3) is 3.17. The summed E-state index contributed by atoms with van der Waals surface area (Å²) in [5.41, 5.74) is 7.40. The van der Waals surface area contributed by atoms with Crippen LogP contribution in [0.5, 0.6) is 0 Å². The third-order valence-corrected chi connectivity index (χ3v) is 3.70. The molecule has 0 spiro atoms. The molecule has 2 rings (SSSR count). The van der Waals surface area contributed by atoms with Crippen molar-refractivity contribution in [1.29, 1.82) is 0 Å². The number of rotatable bonds is 2. The van der Waals surface area contributed by atoms with Crippen LogP contribution in [-0.4, -0.2) is 18.1 Å². The van der Waals surface area contributed by atoms with Gasteiger partial charge in [-0.05, 0) is 53.8 Å². The SMILES string of the molecule is Cl.N[C@@H](c1cccnc1Br)C1CCNCC1. The second-order valence-electron chi connectivity index (χ2n) is 4.00. The minimum absolute atomic E-state index is 0. The van der Waals surface area contributed by atoms with Crippen molar-refractivity contribution in [3.63, 3.8) is 0 Å². The zero-order chi connectivity index (χ0) is 10.7. The molecule has 2 heterocycles. The van der Waals surface area contributed by atoms with Gasteiger partial charge in [-0.3, -0.25) is 0 Å². The lowest BCUT2D eigenvalue weighted by Gasteiger charge is -2.28. The zero-order valence-corrected chi connectivity index (χ0v) is 11.4. The maximum atomic E-state index is 6.27. The summed E-state index contributed by atoms with van der Waals surface area (Å²) in [5, 5.41) is 3.35. The van der Waals surface area contributed by atoms with Crippen LogP contribution >= 0.6 is 28.3 Å². The maximum Gasteiger partial charge on any atom is 0.110 e. The fraction of sp³-hybridized carbons (Fsp3) is 0.545. The summed E-state index contributed by atoms with van der Waals surface area (Å²) in [6, 6.07) is 4.11. The number of piperidine rings is 1. The molecule has 0 unspecified atom stereocenters. The molecule has 0 aromatic carbocycles. The number of nitrogens with one attached hydrogen (secondary N) is 1. The van der Waals surface area contributed by atoms with Crippen LogP contribution in [0.3, 0.4) is 0 Å². The highest BCUT2D eigenvalue weighted by Crippen LogP contribution is 2.29. The van der Waals surface area contributed by atoms with Gasteiger partial charge in [0.15, 0.2) is 0 Å². The topological polar surface area (TPSA) is 50.9 Å². The van der Waals surface area contributed by atoms with Gasteiger partial charge >= 0.3 is 0 Å². The average molecular weight is 307 g/mol. The molecule has 3 nitrogen and oxygen atoms in total. The highest BCUT2D eigenvalue weighted by Gasteiger charge is 2.23. The Balaban J connectivity index is 0.00000128. The van der Waals surface area contributed by atoms with E-state index in [0.717, 1.165) is 36.1 Å². The fourth-order valence-electron chi connectivity index (χ4n) is 2.10. The third-order valence-electron chi connectivity index (χ3n) is 3.04. The summed E-state index contributed by atoms with van der Waals surface area (Å²) in [5.74, 6) is 0.576. The van der Waals surface area contributed by atoms with Crippen molar-refractivity contribution in [2.75, 3.05) is 13.1 Å². The second-order valence-corrected chi connectivity index (χ2v) is 4.75. The van der Waals surface area contributed by atoms with Gasteiger partial charge in [-0.25, -0.2) is 4.98 Å². The summed E-state index contributed by atoms with van der Waals surface area (Å²) in [7, 11) is 0. The van der Waals surface area contributed by atoms with Crippen LogP contribution in [0.1, 0.15) is 24.4 Å². The molecule has 0 amide bonds. The molecule has 16 heavy (non-hydrogen) atoms. The van der Waals surface area contributed by atoms with Gasteiger partial charge in [0.25, 0.3) is 0 Å². The van der Waals surface area contributed by atoms with Crippen LogP contribution in [0.25, 0.3) is 0 Å². The Kier molecular flexibility index (Phi) is 5.69. The van der Waals surface area contributed by atoms with E-state index in [2.05, 4.69) is 32.3 Å². The van der Waals surface area contributed by atoms with Gasteiger partial charge < -0.3 is 11.1 Å². The molecule has 1 saturated heterocycles. The quantitative estimate of drug-likeness (QED) is 0.824. The summed E-state index contributed by atoms with van der Waals surface area (Å²) in [6.45, 7) is 2.16. The second kappa shape index (κ2) is 6.55. The van der Waals surface area contributed by atoms with E-state index in [1.807, 2.05) is 6.07 Å². The highest BCUT2D eigenvalue weighted by molar-refractivity contribution is 9.10. The Labute approximate surface area is 111 Å². The summed E-state index contributed by atoms with van der Waals surface area (Å²) in [4.78, 5) is 4.22. The highest BCUT2D eigenvalue weighted by atomic mass is 79.9. The molecule has 90 valence electrons. The Hall–Kier alpha value is -0.160. The molecule has 1 aliphatic heterocycles. The minimum Gasteiger partial charge on any atom is -0.324 e. The molecule has 0 radical (unpaired) electrons. The van der Waals surface area contributed by atoms with E-state index in [0.29, 0.717) is 5.92 Å². The van der Waals surface area contributed by atoms with Crippen molar-refractivity contribution >= 4 is 28.3 Å². The lowest BCUT2D eigenvalue weighted by atomic mass is 9.87. The van der Waals surface area contributed by atoms with Crippen LogP contribution in [0.4, 0.5) is 0 Å². The van der Waals surface area contributed by atoms with Gasteiger partial charge in [-0.15, -0.1) is 12.4 Å².